The molecule has 1 heterocycles. The minimum atomic E-state index is 0.134. The van der Waals surface area contributed by atoms with Crippen LogP contribution in [0.1, 0.15) is 26.2 Å². The maximum Gasteiger partial charge on any atom is 0.210 e. The van der Waals surface area contributed by atoms with E-state index in [4.69, 9.17) is 10.8 Å². The first-order chi connectivity index (χ1) is 8.22. The quantitative estimate of drug-likeness (QED) is 0.215. The molecule has 0 aliphatic carbocycles. The van der Waals surface area contributed by atoms with Crippen LogP contribution in [0.5, 0.6) is 0 Å². The van der Waals surface area contributed by atoms with Gasteiger partial charge in [0.1, 0.15) is 0 Å². The van der Waals surface area contributed by atoms with Crippen molar-refractivity contribution in [2.75, 3.05) is 19.6 Å². The molecule has 0 bridgehead atoms. The Kier molecular flexibility index (Phi) is 6.09. The molecule has 0 amide bonds. The maximum absolute atomic E-state index is 7.67. The van der Waals surface area contributed by atoms with Gasteiger partial charge in [-0.2, -0.15) is 0 Å². The third-order valence-electron chi connectivity index (χ3n) is 2.41. The molecule has 0 aromatic rings. The fraction of sp³-hybridized carbons (Fsp3) is 0.636. The van der Waals surface area contributed by atoms with E-state index >= 15 is 0 Å². The first-order valence-electron chi connectivity index (χ1n) is 6.07. The van der Waals surface area contributed by atoms with Crippen molar-refractivity contribution in [2.24, 2.45) is 0 Å². The second-order valence-electron chi connectivity index (χ2n) is 3.97. The highest BCUT2D eigenvalue weighted by Crippen LogP contribution is 1.96. The van der Waals surface area contributed by atoms with E-state index in [1.54, 1.807) is 0 Å². The summed E-state index contributed by atoms with van der Waals surface area (Å²) in [6, 6.07) is 0. The lowest BCUT2D eigenvalue weighted by molar-refractivity contribution is 0.255. The van der Waals surface area contributed by atoms with Crippen molar-refractivity contribution < 1.29 is 0 Å². The van der Waals surface area contributed by atoms with E-state index in [0.717, 1.165) is 38.9 Å². The third-order valence-corrected chi connectivity index (χ3v) is 2.41. The van der Waals surface area contributed by atoms with Gasteiger partial charge in [0.25, 0.3) is 0 Å². The van der Waals surface area contributed by atoms with Gasteiger partial charge >= 0.3 is 0 Å². The molecule has 5 N–H and O–H groups in total. The number of rotatable bonds is 4. The number of guanidine groups is 2. The number of hydrazine groups is 1. The smallest absolute Gasteiger partial charge is 0.210 e. The van der Waals surface area contributed by atoms with Crippen molar-refractivity contribution in [1.82, 2.24) is 21.1 Å². The fourth-order valence-corrected chi connectivity index (χ4v) is 1.49. The van der Waals surface area contributed by atoms with Crippen molar-refractivity contribution in [2.45, 2.75) is 26.2 Å². The van der Waals surface area contributed by atoms with Crippen molar-refractivity contribution in [3.63, 3.8) is 0 Å². The minimum Gasteiger partial charge on any atom is -0.356 e. The molecule has 0 fully saturated rings. The van der Waals surface area contributed by atoms with Gasteiger partial charge in [-0.3, -0.25) is 21.6 Å². The second kappa shape index (κ2) is 7.67. The van der Waals surface area contributed by atoms with Gasteiger partial charge in [0.05, 0.1) is 0 Å². The molecule has 0 atom stereocenters. The summed E-state index contributed by atoms with van der Waals surface area (Å²) in [4.78, 5) is 0. The lowest BCUT2D eigenvalue weighted by Gasteiger charge is -2.25. The average Bonchev–Trinajstić information content (AvgIpc) is 2.30. The fourth-order valence-electron chi connectivity index (χ4n) is 1.49. The number of nitrogens with zero attached hydrogens (tertiary/aromatic N) is 1. The summed E-state index contributed by atoms with van der Waals surface area (Å²) in [5.74, 6) is 0.304. The number of unbranched alkanes of at least 4 members (excludes halogenated alkanes) is 1. The van der Waals surface area contributed by atoms with Gasteiger partial charge in [0.15, 0.2) is 5.96 Å². The Balaban J connectivity index is 2.15. The zero-order chi connectivity index (χ0) is 12.5. The van der Waals surface area contributed by atoms with Gasteiger partial charge in [-0.1, -0.05) is 25.5 Å². The van der Waals surface area contributed by atoms with Crippen LogP contribution < -0.4 is 16.1 Å². The van der Waals surface area contributed by atoms with Gasteiger partial charge in [0, 0.05) is 19.6 Å². The number of nitrogens with one attached hydrogen (secondary N) is 5. The van der Waals surface area contributed by atoms with Crippen LogP contribution in [-0.4, -0.2) is 36.6 Å². The largest absolute Gasteiger partial charge is 0.356 e. The highest BCUT2D eigenvalue weighted by atomic mass is 15.5. The zero-order valence-corrected chi connectivity index (χ0v) is 10.3. The summed E-state index contributed by atoms with van der Waals surface area (Å²) in [6.07, 6.45) is 7.31. The third kappa shape index (κ3) is 5.91. The molecule has 6 heteroatoms. The van der Waals surface area contributed by atoms with E-state index in [0.29, 0.717) is 0 Å². The molecule has 0 radical (unpaired) electrons. The summed E-state index contributed by atoms with van der Waals surface area (Å²) in [5, 5.41) is 22.8. The normalized spacial score (nSPS) is 15.4. The highest BCUT2D eigenvalue weighted by Gasteiger charge is 2.07. The lowest BCUT2D eigenvalue weighted by atomic mass is 10.3. The highest BCUT2D eigenvalue weighted by molar-refractivity contribution is 5.95. The SMILES string of the molecule is CCCCNC(=N)NC(=N)NN1CC=CCC1. The van der Waals surface area contributed by atoms with Crippen LogP contribution in [0, 0.1) is 10.8 Å². The first-order valence-corrected chi connectivity index (χ1v) is 6.07. The first kappa shape index (κ1) is 13.5. The Hall–Kier alpha value is -1.56. The molecule has 0 aromatic heterocycles. The van der Waals surface area contributed by atoms with Crippen molar-refractivity contribution in [1.29, 1.82) is 10.8 Å². The molecule has 0 saturated carbocycles. The van der Waals surface area contributed by atoms with Crippen LogP contribution in [0.2, 0.25) is 0 Å². The van der Waals surface area contributed by atoms with E-state index in [1.165, 1.54) is 0 Å². The zero-order valence-electron chi connectivity index (χ0n) is 10.3. The van der Waals surface area contributed by atoms with Crippen LogP contribution in [0.15, 0.2) is 12.2 Å². The molecule has 0 spiro atoms. The predicted molar refractivity (Wildman–Crippen MR) is 70.0 cm³/mol. The number of hydrogen-bond acceptors (Lipinski definition) is 3. The van der Waals surface area contributed by atoms with Gasteiger partial charge < -0.3 is 5.32 Å². The van der Waals surface area contributed by atoms with Crippen LogP contribution in [0.4, 0.5) is 0 Å². The molecule has 0 unspecified atom stereocenters. The van der Waals surface area contributed by atoms with Crippen LogP contribution in [-0.2, 0) is 0 Å². The van der Waals surface area contributed by atoms with Crippen LogP contribution in [0.25, 0.3) is 0 Å². The van der Waals surface area contributed by atoms with Gasteiger partial charge in [-0.05, 0) is 12.8 Å². The van der Waals surface area contributed by atoms with Crippen LogP contribution in [0.3, 0.4) is 0 Å². The van der Waals surface area contributed by atoms with Crippen molar-refractivity contribution in [3.8, 4) is 0 Å². The molecule has 1 rings (SSSR count). The Bertz CT molecular complexity index is 286. The Labute approximate surface area is 102 Å². The topological polar surface area (TPSA) is 87.0 Å². The van der Waals surface area contributed by atoms with E-state index in [9.17, 15) is 0 Å². The van der Waals surface area contributed by atoms with E-state index in [-0.39, 0.29) is 11.9 Å². The van der Waals surface area contributed by atoms with Crippen molar-refractivity contribution in [3.05, 3.63) is 12.2 Å². The minimum absolute atomic E-state index is 0.134. The molecule has 96 valence electrons. The summed E-state index contributed by atoms with van der Waals surface area (Å²) in [7, 11) is 0. The molecule has 17 heavy (non-hydrogen) atoms. The Morgan fingerprint density at radius 2 is 2.12 bits per heavy atom. The molecule has 6 nitrogen and oxygen atoms in total. The van der Waals surface area contributed by atoms with E-state index in [2.05, 4.69) is 35.1 Å². The average molecular weight is 238 g/mol. The van der Waals surface area contributed by atoms with E-state index < -0.39 is 0 Å². The molecular formula is C11H22N6. The van der Waals surface area contributed by atoms with Crippen LogP contribution >= 0.6 is 0 Å². The Morgan fingerprint density at radius 3 is 2.76 bits per heavy atom. The number of hydrogen-bond donors (Lipinski definition) is 5. The van der Waals surface area contributed by atoms with E-state index in [1.807, 2.05) is 5.01 Å². The van der Waals surface area contributed by atoms with Gasteiger partial charge in [-0.15, -0.1) is 0 Å². The lowest BCUT2D eigenvalue weighted by Crippen LogP contribution is -2.52. The molecule has 1 aliphatic heterocycles. The van der Waals surface area contributed by atoms with Gasteiger partial charge in [0.2, 0.25) is 5.96 Å². The molecule has 0 saturated heterocycles. The molecular weight excluding hydrogens is 216 g/mol. The maximum atomic E-state index is 7.67. The standard InChI is InChI=1S/C11H22N6/c1-2-3-7-14-10(12)15-11(13)16-17-8-5-4-6-9-17/h4-5H,2-3,6-9H2,1H3,(H5,12,13,14,15,16). The molecule has 1 aliphatic rings. The summed E-state index contributed by atoms with van der Waals surface area (Å²) >= 11 is 0. The molecule has 0 aromatic carbocycles. The van der Waals surface area contributed by atoms with Gasteiger partial charge in [-0.25, -0.2) is 5.01 Å². The summed E-state index contributed by atoms with van der Waals surface area (Å²) in [6.45, 7) is 4.55. The summed E-state index contributed by atoms with van der Waals surface area (Å²) < 4.78 is 0. The summed E-state index contributed by atoms with van der Waals surface area (Å²) in [5.41, 5.74) is 2.91. The monoisotopic (exact) mass is 238 g/mol. The predicted octanol–water partition coefficient (Wildman–Crippen LogP) is 0.602. The second-order valence-corrected chi connectivity index (χ2v) is 3.97. The van der Waals surface area contributed by atoms with Crippen molar-refractivity contribution >= 4 is 11.9 Å². The Morgan fingerprint density at radius 1 is 1.29 bits per heavy atom.